The van der Waals surface area contributed by atoms with Crippen molar-refractivity contribution < 1.29 is 24.4 Å². The van der Waals surface area contributed by atoms with Gasteiger partial charge in [-0.05, 0) is 24.3 Å². The van der Waals surface area contributed by atoms with Crippen LogP contribution < -0.4 is 10.1 Å². The van der Waals surface area contributed by atoms with Gasteiger partial charge in [0.15, 0.2) is 0 Å². The van der Waals surface area contributed by atoms with Crippen molar-refractivity contribution in [2.24, 2.45) is 0 Å². The molecule has 2 aromatic carbocycles. The van der Waals surface area contributed by atoms with Gasteiger partial charge in [-0.2, -0.15) is 0 Å². The molecule has 0 saturated heterocycles. The highest BCUT2D eigenvalue weighted by molar-refractivity contribution is 6.31. The average Bonchev–Trinajstić information content (AvgIpc) is 2.61. The average molecular weight is 379 g/mol. The van der Waals surface area contributed by atoms with Crippen molar-refractivity contribution in [1.29, 1.82) is 0 Å². The molecule has 0 heterocycles. The van der Waals surface area contributed by atoms with Gasteiger partial charge in [0.25, 0.3) is 11.6 Å². The Hall–Kier alpha value is -3.13. The van der Waals surface area contributed by atoms with Crippen LogP contribution in [0.3, 0.4) is 0 Å². The fourth-order valence-corrected chi connectivity index (χ4v) is 2.58. The Kier molecular flexibility index (Phi) is 6.13. The number of benzene rings is 2. The highest BCUT2D eigenvalue weighted by Gasteiger charge is 2.23. The van der Waals surface area contributed by atoms with Crippen LogP contribution in [-0.2, 0) is 4.79 Å². The summed E-state index contributed by atoms with van der Waals surface area (Å²) in [5.41, 5.74) is 0.149. The summed E-state index contributed by atoms with van der Waals surface area (Å²) in [7, 11) is 1.45. The molecule has 0 aliphatic heterocycles. The normalized spacial score (nSPS) is 11.5. The molecule has 2 rings (SSSR count). The smallest absolute Gasteiger partial charge is 0.305 e. The van der Waals surface area contributed by atoms with E-state index in [2.05, 4.69) is 5.32 Å². The van der Waals surface area contributed by atoms with Crippen molar-refractivity contribution >= 4 is 29.2 Å². The van der Waals surface area contributed by atoms with E-state index < -0.39 is 29.3 Å². The molecule has 0 aliphatic rings. The van der Waals surface area contributed by atoms with Gasteiger partial charge in [0.05, 0.1) is 24.5 Å². The van der Waals surface area contributed by atoms with Gasteiger partial charge < -0.3 is 15.2 Å². The molecule has 0 fully saturated rings. The highest BCUT2D eigenvalue weighted by atomic mass is 35.5. The van der Waals surface area contributed by atoms with Crippen molar-refractivity contribution in [1.82, 2.24) is 5.32 Å². The molecule has 0 bridgehead atoms. The van der Waals surface area contributed by atoms with E-state index in [1.165, 1.54) is 31.4 Å². The Labute approximate surface area is 153 Å². The monoisotopic (exact) mass is 378 g/mol. The van der Waals surface area contributed by atoms with Crippen LogP contribution in [-0.4, -0.2) is 29.0 Å². The summed E-state index contributed by atoms with van der Waals surface area (Å²) >= 11 is 6.07. The highest BCUT2D eigenvalue weighted by Crippen LogP contribution is 2.29. The molecule has 2 aromatic rings. The minimum Gasteiger partial charge on any atom is -0.497 e. The standard InChI is InChI=1S/C17H15ClN2O6/c1-26-12-4-2-3-10(7-12)17(23)19-15(9-16(21)22)13-8-11(20(24)25)5-6-14(13)18/h2-8,15H,9H2,1H3,(H,19,23)(H,21,22). The maximum atomic E-state index is 12.5. The number of nitro benzene ring substituents is 1. The molecule has 8 nitrogen and oxygen atoms in total. The van der Waals surface area contributed by atoms with Crippen LogP contribution in [0.15, 0.2) is 42.5 Å². The lowest BCUT2D eigenvalue weighted by molar-refractivity contribution is -0.384. The van der Waals surface area contributed by atoms with E-state index in [1.807, 2.05) is 0 Å². The number of ether oxygens (including phenoxy) is 1. The molecule has 1 amide bonds. The number of carboxylic acid groups (broad SMARTS) is 1. The second-order valence-corrected chi connectivity index (χ2v) is 5.73. The van der Waals surface area contributed by atoms with Crippen molar-refractivity contribution in [3.8, 4) is 5.75 Å². The van der Waals surface area contributed by atoms with Crippen molar-refractivity contribution in [2.45, 2.75) is 12.5 Å². The van der Waals surface area contributed by atoms with Gasteiger partial charge >= 0.3 is 5.97 Å². The number of nitro groups is 1. The first kappa shape index (κ1) is 19.2. The summed E-state index contributed by atoms with van der Waals surface area (Å²) in [6.45, 7) is 0. The minimum absolute atomic E-state index is 0.118. The van der Waals surface area contributed by atoms with E-state index in [0.29, 0.717) is 5.75 Å². The molecule has 0 radical (unpaired) electrons. The summed E-state index contributed by atoms with van der Waals surface area (Å²) in [4.78, 5) is 34.0. The van der Waals surface area contributed by atoms with Gasteiger partial charge in [-0.3, -0.25) is 19.7 Å². The first-order valence-electron chi connectivity index (χ1n) is 7.42. The van der Waals surface area contributed by atoms with Crippen molar-refractivity contribution in [3.05, 3.63) is 68.7 Å². The van der Waals surface area contributed by atoms with Gasteiger partial charge in [-0.25, -0.2) is 0 Å². The van der Waals surface area contributed by atoms with Crippen LogP contribution in [0.4, 0.5) is 5.69 Å². The molecular formula is C17H15ClN2O6. The summed E-state index contributed by atoms with van der Waals surface area (Å²) in [6.07, 6.45) is -0.489. The first-order valence-corrected chi connectivity index (χ1v) is 7.80. The van der Waals surface area contributed by atoms with E-state index in [0.717, 1.165) is 6.07 Å². The van der Waals surface area contributed by atoms with Gasteiger partial charge in [-0.15, -0.1) is 0 Å². The van der Waals surface area contributed by atoms with Gasteiger partial charge in [-0.1, -0.05) is 17.7 Å². The Balaban J connectivity index is 2.36. The number of carbonyl (C=O) groups is 2. The summed E-state index contributed by atoms with van der Waals surface area (Å²) in [5, 5.41) is 22.8. The first-order chi connectivity index (χ1) is 12.3. The van der Waals surface area contributed by atoms with E-state index in [-0.39, 0.29) is 21.8 Å². The third kappa shape index (κ3) is 4.70. The van der Waals surface area contributed by atoms with Gasteiger partial charge in [0, 0.05) is 28.3 Å². The SMILES string of the molecule is COc1cccc(C(=O)NC(CC(=O)O)c2cc([N+](=O)[O-])ccc2Cl)c1. The number of rotatable bonds is 7. The molecule has 136 valence electrons. The second-order valence-electron chi connectivity index (χ2n) is 5.32. The Morgan fingerprint density at radius 2 is 2.04 bits per heavy atom. The Morgan fingerprint density at radius 1 is 1.31 bits per heavy atom. The van der Waals surface area contributed by atoms with Crippen LogP contribution in [0.25, 0.3) is 0 Å². The third-order valence-corrected chi connectivity index (χ3v) is 3.93. The molecule has 2 N–H and O–H groups in total. The molecule has 0 aromatic heterocycles. The quantitative estimate of drug-likeness (QED) is 0.564. The lowest BCUT2D eigenvalue weighted by Crippen LogP contribution is -2.30. The predicted molar refractivity (Wildman–Crippen MR) is 93.6 cm³/mol. The van der Waals surface area contributed by atoms with Crippen LogP contribution >= 0.6 is 11.6 Å². The number of carboxylic acids is 1. The lowest BCUT2D eigenvalue weighted by Gasteiger charge is -2.19. The fourth-order valence-electron chi connectivity index (χ4n) is 2.33. The van der Waals surface area contributed by atoms with E-state index in [9.17, 15) is 19.7 Å². The largest absolute Gasteiger partial charge is 0.497 e. The Bertz CT molecular complexity index is 855. The summed E-state index contributed by atoms with van der Waals surface area (Å²) < 4.78 is 5.05. The van der Waals surface area contributed by atoms with Gasteiger partial charge in [0.1, 0.15) is 5.75 Å². The van der Waals surface area contributed by atoms with Crippen molar-refractivity contribution in [2.75, 3.05) is 7.11 Å². The number of nitrogens with zero attached hydrogens (tertiary/aromatic N) is 1. The van der Waals surface area contributed by atoms with Gasteiger partial charge in [0.2, 0.25) is 0 Å². The van der Waals surface area contributed by atoms with Crippen molar-refractivity contribution in [3.63, 3.8) is 0 Å². The third-order valence-electron chi connectivity index (χ3n) is 3.58. The Morgan fingerprint density at radius 3 is 2.65 bits per heavy atom. The fraction of sp³-hybridized carbons (Fsp3) is 0.176. The zero-order valence-corrected chi connectivity index (χ0v) is 14.4. The molecule has 0 spiro atoms. The number of halogens is 1. The maximum absolute atomic E-state index is 12.5. The summed E-state index contributed by atoms with van der Waals surface area (Å²) in [5.74, 6) is -1.29. The number of methoxy groups -OCH3 is 1. The van der Waals surface area contributed by atoms with Crippen LogP contribution in [0.2, 0.25) is 5.02 Å². The summed E-state index contributed by atoms with van der Waals surface area (Å²) in [6, 6.07) is 8.89. The lowest BCUT2D eigenvalue weighted by atomic mass is 10.0. The second kappa shape index (κ2) is 8.30. The van der Waals surface area contributed by atoms with E-state index >= 15 is 0 Å². The van der Waals surface area contributed by atoms with Crippen LogP contribution in [0.1, 0.15) is 28.4 Å². The zero-order valence-electron chi connectivity index (χ0n) is 13.6. The number of nitrogens with one attached hydrogen (secondary N) is 1. The topological polar surface area (TPSA) is 119 Å². The molecular weight excluding hydrogens is 364 g/mol. The number of carbonyl (C=O) groups excluding carboxylic acids is 1. The van der Waals surface area contributed by atoms with E-state index in [1.54, 1.807) is 12.1 Å². The molecule has 26 heavy (non-hydrogen) atoms. The van der Waals surface area contributed by atoms with Crippen LogP contribution in [0, 0.1) is 10.1 Å². The number of amides is 1. The predicted octanol–water partition coefficient (Wildman–Crippen LogP) is 3.20. The minimum atomic E-state index is -1.19. The number of non-ortho nitro benzene ring substituents is 1. The van der Waals surface area contributed by atoms with E-state index in [4.69, 9.17) is 21.4 Å². The molecule has 9 heteroatoms. The number of aliphatic carboxylic acids is 1. The molecule has 0 aliphatic carbocycles. The number of hydrogen-bond donors (Lipinski definition) is 2. The molecule has 1 atom stereocenters. The maximum Gasteiger partial charge on any atom is 0.305 e. The zero-order chi connectivity index (χ0) is 19.3. The molecule has 1 unspecified atom stereocenters. The van der Waals surface area contributed by atoms with Crippen LogP contribution in [0.5, 0.6) is 5.75 Å². The number of hydrogen-bond acceptors (Lipinski definition) is 5. The molecule has 0 saturated carbocycles.